The van der Waals surface area contributed by atoms with Crippen LogP contribution < -0.4 is 10.5 Å². The van der Waals surface area contributed by atoms with Crippen molar-refractivity contribution in [1.82, 2.24) is 9.80 Å². The standard InChI is InChI=1S/C15H25N3O2/c16-14-2-4-15(5-3-14)20-13-11-18-7-1-6-17(8-9-18)10-12-19/h2-5,19H,1,6-13,16H2. The summed E-state index contributed by atoms with van der Waals surface area (Å²) >= 11 is 0. The van der Waals surface area contributed by atoms with E-state index in [1.54, 1.807) is 0 Å². The number of benzene rings is 1. The van der Waals surface area contributed by atoms with Crippen molar-refractivity contribution in [2.24, 2.45) is 0 Å². The van der Waals surface area contributed by atoms with Crippen LogP contribution in [0.1, 0.15) is 6.42 Å². The van der Waals surface area contributed by atoms with Crippen molar-refractivity contribution in [3.8, 4) is 5.75 Å². The smallest absolute Gasteiger partial charge is 0.119 e. The zero-order chi connectivity index (χ0) is 14.2. The Bertz CT molecular complexity index is 383. The molecule has 112 valence electrons. The Labute approximate surface area is 120 Å². The third-order valence-corrected chi connectivity index (χ3v) is 3.65. The molecule has 0 amide bonds. The second-order valence-electron chi connectivity index (χ2n) is 5.18. The van der Waals surface area contributed by atoms with E-state index >= 15 is 0 Å². The molecular weight excluding hydrogens is 254 g/mol. The van der Waals surface area contributed by atoms with Crippen LogP contribution in [0.5, 0.6) is 5.75 Å². The highest BCUT2D eigenvalue weighted by atomic mass is 16.5. The largest absolute Gasteiger partial charge is 0.492 e. The van der Waals surface area contributed by atoms with Gasteiger partial charge in [0.05, 0.1) is 6.61 Å². The SMILES string of the molecule is Nc1ccc(OCCN2CCCN(CCO)CC2)cc1. The van der Waals surface area contributed by atoms with Crippen LogP contribution in [0.4, 0.5) is 5.69 Å². The van der Waals surface area contributed by atoms with Crippen molar-refractivity contribution in [2.45, 2.75) is 6.42 Å². The number of nitrogens with zero attached hydrogens (tertiary/aromatic N) is 2. The van der Waals surface area contributed by atoms with Crippen LogP contribution in [-0.2, 0) is 0 Å². The molecule has 0 aromatic heterocycles. The summed E-state index contributed by atoms with van der Waals surface area (Å²) in [5.41, 5.74) is 6.40. The minimum Gasteiger partial charge on any atom is -0.492 e. The van der Waals surface area contributed by atoms with E-state index in [2.05, 4.69) is 9.80 Å². The summed E-state index contributed by atoms with van der Waals surface area (Å²) in [5.74, 6) is 0.871. The van der Waals surface area contributed by atoms with Gasteiger partial charge in [-0.2, -0.15) is 0 Å². The average Bonchev–Trinajstić information content (AvgIpc) is 2.67. The number of aliphatic hydroxyl groups excluding tert-OH is 1. The van der Waals surface area contributed by atoms with E-state index in [1.165, 1.54) is 0 Å². The maximum Gasteiger partial charge on any atom is 0.119 e. The molecule has 1 heterocycles. The van der Waals surface area contributed by atoms with Gasteiger partial charge in [0.25, 0.3) is 0 Å². The Hall–Kier alpha value is -1.30. The molecule has 1 aliphatic heterocycles. The summed E-state index contributed by atoms with van der Waals surface area (Å²) in [6.45, 7) is 6.94. The van der Waals surface area contributed by atoms with Crippen LogP contribution in [0.25, 0.3) is 0 Å². The number of nitrogen functional groups attached to an aromatic ring is 1. The number of anilines is 1. The minimum atomic E-state index is 0.250. The fourth-order valence-electron chi connectivity index (χ4n) is 2.47. The van der Waals surface area contributed by atoms with Gasteiger partial charge in [-0.25, -0.2) is 0 Å². The molecule has 0 bridgehead atoms. The van der Waals surface area contributed by atoms with Gasteiger partial charge in [-0.1, -0.05) is 0 Å². The lowest BCUT2D eigenvalue weighted by Gasteiger charge is -2.21. The van der Waals surface area contributed by atoms with Crippen LogP contribution in [-0.4, -0.2) is 67.4 Å². The molecule has 0 aliphatic carbocycles. The Morgan fingerprint density at radius 2 is 1.65 bits per heavy atom. The predicted molar refractivity (Wildman–Crippen MR) is 80.9 cm³/mol. The second kappa shape index (κ2) is 8.09. The molecular formula is C15H25N3O2. The molecule has 2 rings (SSSR count). The molecule has 0 unspecified atom stereocenters. The van der Waals surface area contributed by atoms with Crippen molar-refractivity contribution in [2.75, 3.05) is 58.2 Å². The topological polar surface area (TPSA) is 62.0 Å². The molecule has 0 atom stereocenters. The van der Waals surface area contributed by atoms with Gasteiger partial charge in [0.1, 0.15) is 12.4 Å². The lowest BCUT2D eigenvalue weighted by atomic mass is 10.3. The van der Waals surface area contributed by atoms with Gasteiger partial charge in [0.2, 0.25) is 0 Å². The number of nitrogens with two attached hydrogens (primary N) is 1. The van der Waals surface area contributed by atoms with Gasteiger partial charge in [0, 0.05) is 31.9 Å². The highest BCUT2D eigenvalue weighted by Gasteiger charge is 2.13. The molecule has 5 heteroatoms. The maximum absolute atomic E-state index is 8.98. The first-order chi connectivity index (χ1) is 9.78. The molecule has 1 aliphatic rings. The summed E-state index contributed by atoms with van der Waals surface area (Å²) in [7, 11) is 0. The van der Waals surface area contributed by atoms with Gasteiger partial charge >= 0.3 is 0 Å². The molecule has 1 fully saturated rings. The average molecular weight is 279 g/mol. The third kappa shape index (κ3) is 5.00. The lowest BCUT2D eigenvalue weighted by Crippen LogP contribution is -2.34. The summed E-state index contributed by atoms with van der Waals surface area (Å²) < 4.78 is 5.73. The van der Waals surface area contributed by atoms with Crippen LogP contribution in [0.15, 0.2) is 24.3 Å². The fraction of sp³-hybridized carbons (Fsp3) is 0.600. The van der Waals surface area contributed by atoms with E-state index in [4.69, 9.17) is 15.6 Å². The number of rotatable bonds is 6. The van der Waals surface area contributed by atoms with Crippen LogP contribution in [0.2, 0.25) is 0 Å². The highest BCUT2D eigenvalue weighted by Crippen LogP contribution is 2.13. The molecule has 1 aromatic rings. The quantitative estimate of drug-likeness (QED) is 0.749. The predicted octanol–water partition coefficient (Wildman–Crippen LogP) is 0.648. The zero-order valence-corrected chi connectivity index (χ0v) is 12.0. The summed E-state index contributed by atoms with van der Waals surface area (Å²) in [5, 5.41) is 8.98. The van der Waals surface area contributed by atoms with Gasteiger partial charge < -0.3 is 15.6 Å². The monoisotopic (exact) mass is 279 g/mol. The molecule has 1 aromatic carbocycles. The van der Waals surface area contributed by atoms with E-state index in [1.807, 2.05) is 24.3 Å². The number of hydrogen-bond acceptors (Lipinski definition) is 5. The van der Waals surface area contributed by atoms with Gasteiger partial charge in [0.15, 0.2) is 0 Å². The fourth-order valence-corrected chi connectivity index (χ4v) is 2.47. The second-order valence-corrected chi connectivity index (χ2v) is 5.18. The number of hydrogen-bond donors (Lipinski definition) is 2. The van der Waals surface area contributed by atoms with Crippen LogP contribution >= 0.6 is 0 Å². The molecule has 0 saturated carbocycles. The molecule has 0 spiro atoms. The molecule has 3 N–H and O–H groups in total. The molecule has 1 saturated heterocycles. The van der Waals surface area contributed by atoms with Crippen LogP contribution in [0.3, 0.4) is 0 Å². The van der Waals surface area contributed by atoms with Gasteiger partial charge in [-0.05, 0) is 43.8 Å². The van der Waals surface area contributed by atoms with Crippen LogP contribution in [0, 0.1) is 0 Å². The first kappa shape index (κ1) is 15.1. The van der Waals surface area contributed by atoms with Crippen molar-refractivity contribution >= 4 is 5.69 Å². The minimum absolute atomic E-state index is 0.250. The maximum atomic E-state index is 8.98. The number of aliphatic hydroxyl groups is 1. The van der Waals surface area contributed by atoms with E-state index in [-0.39, 0.29) is 6.61 Å². The first-order valence-electron chi connectivity index (χ1n) is 7.32. The van der Waals surface area contributed by atoms with E-state index in [0.717, 1.165) is 57.1 Å². The Kier molecular flexibility index (Phi) is 6.11. The van der Waals surface area contributed by atoms with Crippen molar-refractivity contribution in [1.29, 1.82) is 0 Å². The van der Waals surface area contributed by atoms with E-state index < -0.39 is 0 Å². The number of β-amino-alcohol motifs (C(OH)–C–C–N with tert-alkyl or cyclic N) is 1. The number of ether oxygens (including phenoxy) is 1. The molecule has 0 radical (unpaired) electrons. The Morgan fingerprint density at radius 1 is 1.00 bits per heavy atom. The third-order valence-electron chi connectivity index (χ3n) is 3.65. The highest BCUT2D eigenvalue weighted by molar-refractivity contribution is 5.41. The normalized spacial score (nSPS) is 17.9. The first-order valence-corrected chi connectivity index (χ1v) is 7.32. The summed E-state index contributed by atoms with van der Waals surface area (Å²) in [6.07, 6.45) is 1.15. The van der Waals surface area contributed by atoms with Gasteiger partial charge in [-0.15, -0.1) is 0 Å². The zero-order valence-electron chi connectivity index (χ0n) is 12.0. The van der Waals surface area contributed by atoms with Gasteiger partial charge in [-0.3, -0.25) is 9.80 Å². The van der Waals surface area contributed by atoms with Crippen molar-refractivity contribution in [3.63, 3.8) is 0 Å². The Balaban J connectivity index is 1.67. The van der Waals surface area contributed by atoms with E-state index in [9.17, 15) is 0 Å². The molecule has 5 nitrogen and oxygen atoms in total. The molecule has 20 heavy (non-hydrogen) atoms. The van der Waals surface area contributed by atoms with Crippen molar-refractivity contribution in [3.05, 3.63) is 24.3 Å². The van der Waals surface area contributed by atoms with Crippen molar-refractivity contribution < 1.29 is 9.84 Å². The van der Waals surface area contributed by atoms with E-state index in [0.29, 0.717) is 6.61 Å². The summed E-state index contributed by atoms with van der Waals surface area (Å²) in [6, 6.07) is 7.52. The Morgan fingerprint density at radius 3 is 2.30 bits per heavy atom. The summed E-state index contributed by atoms with van der Waals surface area (Å²) in [4.78, 5) is 4.75. The lowest BCUT2D eigenvalue weighted by molar-refractivity contribution is 0.188.